The van der Waals surface area contributed by atoms with Crippen LogP contribution in [0.2, 0.25) is 0 Å². The van der Waals surface area contributed by atoms with Crippen molar-refractivity contribution >= 4 is 10.8 Å². The second-order valence-corrected chi connectivity index (χ2v) is 4.11. The van der Waals surface area contributed by atoms with E-state index in [1.807, 2.05) is 49.4 Å². The third kappa shape index (κ3) is 1.49. The summed E-state index contributed by atoms with van der Waals surface area (Å²) < 4.78 is 5.42. The second-order valence-electron chi connectivity index (χ2n) is 4.11. The fraction of sp³-hybridized carbons (Fsp3) is 0.0667. The molecule has 0 saturated carbocycles. The third-order valence-corrected chi connectivity index (χ3v) is 3.02. The number of hydrogen-bond acceptors (Lipinski definition) is 2. The van der Waals surface area contributed by atoms with Gasteiger partial charge in [-0.25, -0.2) is 0 Å². The number of furan rings is 1. The van der Waals surface area contributed by atoms with Gasteiger partial charge in [-0.2, -0.15) is 0 Å². The summed E-state index contributed by atoms with van der Waals surface area (Å²) in [7, 11) is 0. The lowest BCUT2D eigenvalue weighted by Crippen LogP contribution is -1.82. The first kappa shape index (κ1) is 9.97. The minimum atomic E-state index is 0.343. The van der Waals surface area contributed by atoms with Crippen molar-refractivity contribution in [3.8, 4) is 17.1 Å². The lowest BCUT2D eigenvalue weighted by atomic mass is 10.00. The van der Waals surface area contributed by atoms with Gasteiger partial charge in [-0.05, 0) is 30.0 Å². The summed E-state index contributed by atoms with van der Waals surface area (Å²) in [5.41, 5.74) is 1.89. The van der Waals surface area contributed by atoms with Gasteiger partial charge < -0.3 is 9.52 Å². The molecule has 3 rings (SSSR count). The van der Waals surface area contributed by atoms with Gasteiger partial charge in [0.1, 0.15) is 11.5 Å². The summed E-state index contributed by atoms with van der Waals surface area (Å²) in [6, 6.07) is 13.6. The normalized spacial score (nSPS) is 10.9. The highest BCUT2D eigenvalue weighted by atomic mass is 16.3. The molecule has 0 aliphatic heterocycles. The van der Waals surface area contributed by atoms with Crippen LogP contribution in [0, 0.1) is 6.92 Å². The zero-order chi connectivity index (χ0) is 11.8. The Morgan fingerprint density at radius 3 is 2.59 bits per heavy atom. The van der Waals surface area contributed by atoms with E-state index >= 15 is 0 Å². The maximum Gasteiger partial charge on any atom is 0.134 e. The van der Waals surface area contributed by atoms with Gasteiger partial charge in [-0.3, -0.25) is 0 Å². The van der Waals surface area contributed by atoms with E-state index in [1.165, 1.54) is 0 Å². The van der Waals surface area contributed by atoms with Crippen molar-refractivity contribution in [2.75, 3.05) is 0 Å². The summed E-state index contributed by atoms with van der Waals surface area (Å²) in [4.78, 5) is 0. The van der Waals surface area contributed by atoms with Crippen molar-refractivity contribution < 1.29 is 9.52 Å². The summed E-state index contributed by atoms with van der Waals surface area (Å²) in [6.45, 7) is 1.90. The van der Waals surface area contributed by atoms with E-state index in [4.69, 9.17) is 4.42 Å². The van der Waals surface area contributed by atoms with Crippen LogP contribution in [0.25, 0.3) is 22.1 Å². The topological polar surface area (TPSA) is 33.4 Å². The Morgan fingerprint density at radius 2 is 1.82 bits per heavy atom. The molecule has 0 unspecified atom stereocenters. The lowest BCUT2D eigenvalue weighted by molar-refractivity contribution is 0.477. The summed E-state index contributed by atoms with van der Waals surface area (Å²) in [5.74, 6) is 1.16. The zero-order valence-corrected chi connectivity index (χ0v) is 9.47. The molecule has 17 heavy (non-hydrogen) atoms. The average Bonchev–Trinajstić information content (AvgIpc) is 2.87. The van der Waals surface area contributed by atoms with E-state index in [0.717, 1.165) is 27.7 Å². The van der Waals surface area contributed by atoms with E-state index in [9.17, 15) is 5.11 Å². The molecule has 0 spiro atoms. The number of hydrogen-bond donors (Lipinski definition) is 1. The fourth-order valence-electron chi connectivity index (χ4n) is 2.10. The molecule has 0 radical (unpaired) electrons. The van der Waals surface area contributed by atoms with Crippen molar-refractivity contribution in [2.24, 2.45) is 0 Å². The van der Waals surface area contributed by atoms with Gasteiger partial charge in [-0.1, -0.05) is 30.3 Å². The highest BCUT2D eigenvalue weighted by Gasteiger charge is 2.09. The van der Waals surface area contributed by atoms with Crippen molar-refractivity contribution in [1.29, 1.82) is 0 Å². The Bertz CT molecular complexity index is 667. The molecule has 0 amide bonds. The quantitative estimate of drug-likeness (QED) is 0.674. The van der Waals surface area contributed by atoms with Crippen LogP contribution >= 0.6 is 0 Å². The third-order valence-electron chi connectivity index (χ3n) is 3.02. The molecule has 2 heteroatoms. The van der Waals surface area contributed by atoms with E-state index in [1.54, 1.807) is 6.26 Å². The smallest absolute Gasteiger partial charge is 0.134 e. The predicted molar refractivity (Wildman–Crippen MR) is 68.1 cm³/mol. The molecular weight excluding hydrogens is 212 g/mol. The Morgan fingerprint density at radius 1 is 0.941 bits per heavy atom. The predicted octanol–water partition coefficient (Wildman–Crippen LogP) is 4.11. The number of phenolic OH excluding ortho intramolecular Hbond substituents is 1. The molecule has 0 atom stereocenters. The highest BCUT2D eigenvalue weighted by molar-refractivity contribution is 5.99. The molecule has 0 fully saturated rings. The van der Waals surface area contributed by atoms with Gasteiger partial charge in [-0.15, -0.1) is 0 Å². The van der Waals surface area contributed by atoms with Crippen LogP contribution < -0.4 is 0 Å². The van der Waals surface area contributed by atoms with Crippen molar-refractivity contribution in [3.63, 3.8) is 0 Å². The maximum absolute atomic E-state index is 10.0. The minimum absolute atomic E-state index is 0.343. The van der Waals surface area contributed by atoms with Crippen LogP contribution in [0.5, 0.6) is 5.75 Å². The maximum atomic E-state index is 10.0. The van der Waals surface area contributed by atoms with Gasteiger partial charge in [0.05, 0.1) is 6.26 Å². The van der Waals surface area contributed by atoms with Gasteiger partial charge >= 0.3 is 0 Å². The van der Waals surface area contributed by atoms with Crippen molar-refractivity contribution in [1.82, 2.24) is 0 Å². The van der Waals surface area contributed by atoms with Crippen LogP contribution in [-0.2, 0) is 0 Å². The van der Waals surface area contributed by atoms with E-state index in [0.29, 0.717) is 5.75 Å². The fourth-order valence-corrected chi connectivity index (χ4v) is 2.10. The number of benzene rings is 2. The Kier molecular flexibility index (Phi) is 2.15. The van der Waals surface area contributed by atoms with Gasteiger partial charge in [0.2, 0.25) is 0 Å². The Balaban J connectivity index is 2.38. The molecular formula is C15H12O2. The first-order chi connectivity index (χ1) is 8.27. The second kappa shape index (κ2) is 3.67. The highest BCUT2D eigenvalue weighted by Crippen LogP contribution is 2.34. The molecule has 84 valence electrons. The number of rotatable bonds is 1. The van der Waals surface area contributed by atoms with Gasteiger partial charge in [0, 0.05) is 10.9 Å². The number of fused-ring (bicyclic) bond motifs is 1. The van der Waals surface area contributed by atoms with Crippen molar-refractivity contribution in [3.05, 3.63) is 54.3 Å². The molecule has 0 saturated heterocycles. The summed E-state index contributed by atoms with van der Waals surface area (Å²) in [5, 5.41) is 11.9. The molecule has 2 nitrogen and oxygen atoms in total. The Labute approximate surface area is 99.1 Å². The average molecular weight is 224 g/mol. The van der Waals surface area contributed by atoms with Crippen molar-refractivity contribution in [2.45, 2.75) is 6.92 Å². The molecule has 3 aromatic rings. The first-order valence-electron chi connectivity index (χ1n) is 5.52. The van der Waals surface area contributed by atoms with Gasteiger partial charge in [0.15, 0.2) is 0 Å². The molecule has 0 bridgehead atoms. The van der Waals surface area contributed by atoms with Crippen LogP contribution in [0.15, 0.2) is 53.1 Å². The lowest BCUT2D eigenvalue weighted by Gasteiger charge is -2.07. The van der Waals surface area contributed by atoms with E-state index in [2.05, 4.69) is 0 Å². The summed E-state index contributed by atoms with van der Waals surface area (Å²) in [6.07, 6.45) is 1.65. The monoisotopic (exact) mass is 224 g/mol. The first-order valence-corrected chi connectivity index (χ1v) is 5.52. The summed E-state index contributed by atoms with van der Waals surface area (Å²) >= 11 is 0. The minimum Gasteiger partial charge on any atom is -0.507 e. The van der Waals surface area contributed by atoms with Gasteiger partial charge in [0.25, 0.3) is 0 Å². The molecule has 0 aliphatic rings. The Hall–Kier alpha value is -2.22. The molecule has 1 aromatic heterocycles. The zero-order valence-electron chi connectivity index (χ0n) is 9.47. The molecule has 2 aromatic carbocycles. The number of aryl methyl sites for hydroxylation is 1. The van der Waals surface area contributed by atoms with E-state index in [-0.39, 0.29) is 0 Å². The SMILES string of the molecule is Cc1ccc2c(-c3ccco3)cccc2c1O. The standard InChI is InChI=1S/C15H12O2/c1-10-7-8-11-12(14-6-3-9-17-14)4-2-5-13(11)15(10)16/h2-9,16H,1H3. The molecule has 0 aliphatic carbocycles. The van der Waals surface area contributed by atoms with Crippen LogP contribution in [0.3, 0.4) is 0 Å². The number of aromatic hydroxyl groups is 1. The van der Waals surface area contributed by atoms with Crippen LogP contribution in [-0.4, -0.2) is 5.11 Å². The van der Waals surface area contributed by atoms with E-state index < -0.39 is 0 Å². The van der Waals surface area contributed by atoms with Crippen LogP contribution in [0.1, 0.15) is 5.56 Å². The largest absolute Gasteiger partial charge is 0.507 e. The van der Waals surface area contributed by atoms with Crippen LogP contribution in [0.4, 0.5) is 0 Å². The molecule has 1 heterocycles. The molecule has 1 N–H and O–H groups in total. The number of phenols is 1.